The molecule has 0 aliphatic heterocycles. The third-order valence-electron chi connectivity index (χ3n) is 3.82. The van der Waals surface area contributed by atoms with E-state index in [-0.39, 0.29) is 11.6 Å². The zero-order chi connectivity index (χ0) is 20.8. The largest absolute Gasteiger partial charge is 0.462 e. The highest BCUT2D eigenvalue weighted by molar-refractivity contribution is 6.03. The molecule has 0 bridgehead atoms. The molecule has 1 heterocycles. The first-order valence-electron chi connectivity index (χ1n) is 8.91. The van der Waals surface area contributed by atoms with E-state index in [1.54, 1.807) is 44.2 Å². The maximum Gasteiger partial charge on any atom is 0.338 e. The smallest absolute Gasteiger partial charge is 0.338 e. The first-order valence-corrected chi connectivity index (χ1v) is 8.91. The van der Waals surface area contributed by atoms with E-state index in [0.717, 1.165) is 0 Å². The minimum atomic E-state index is -0.484. The van der Waals surface area contributed by atoms with Crippen LogP contribution in [0.1, 0.15) is 33.5 Å². The Kier molecular flexibility index (Phi) is 6.13. The van der Waals surface area contributed by atoms with Crippen molar-refractivity contribution in [1.29, 1.82) is 0 Å². The molecule has 0 fully saturated rings. The van der Waals surface area contributed by atoms with Gasteiger partial charge in [-0.2, -0.15) is 0 Å². The number of hydrogen-bond acceptors (Lipinski definition) is 6. The molecule has 0 aliphatic carbocycles. The van der Waals surface area contributed by atoms with E-state index in [2.05, 4.69) is 20.6 Å². The van der Waals surface area contributed by atoms with Crippen molar-refractivity contribution in [3.8, 4) is 0 Å². The van der Waals surface area contributed by atoms with Crippen LogP contribution in [0.25, 0.3) is 0 Å². The van der Waals surface area contributed by atoms with E-state index >= 15 is 0 Å². The average Bonchev–Trinajstić information content (AvgIpc) is 2.68. The molecule has 29 heavy (non-hydrogen) atoms. The van der Waals surface area contributed by atoms with Crippen LogP contribution < -0.4 is 10.6 Å². The lowest BCUT2D eigenvalue weighted by atomic mass is 10.2. The van der Waals surface area contributed by atoms with Crippen LogP contribution in [0.3, 0.4) is 0 Å². The zero-order valence-electron chi connectivity index (χ0n) is 15.9. The number of aromatic nitrogens is 2. The minimum Gasteiger partial charge on any atom is -0.462 e. The molecule has 0 aliphatic rings. The average molecular weight is 394 g/mol. The van der Waals surface area contributed by atoms with Crippen molar-refractivity contribution in [1.82, 2.24) is 9.97 Å². The minimum absolute atomic E-state index is 0.132. The molecule has 0 unspecified atom stereocenters. The fourth-order valence-corrected chi connectivity index (χ4v) is 2.54. The third kappa shape index (κ3) is 5.35. The summed E-state index contributed by atoms with van der Waals surface area (Å²) in [5, 5.41) is 5.60. The monoisotopic (exact) mass is 394 g/mol. The number of nitrogens with zero attached hydrogens (tertiary/aromatic N) is 2. The molecule has 0 saturated heterocycles. The summed E-state index contributed by atoms with van der Waals surface area (Å²) in [6.45, 7) is 3.77. The molecule has 2 N–H and O–H groups in total. The van der Waals surface area contributed by atoms with Gasteiger partial charge in [0.1, 0.15) is 11.5 Å². The van der Waals surface area contributed by atoms with Crippen molar-refractivity contribution in [2.75, 3.05) is 17.2 Å². The van der Waals surface area contributed by atoms with E-state index in [4.69, 9.17) is 4.74 Å². The molecular weight excluding hydrogens is 375 g/mol. The summed E-state index contributed by atoms with van der Waals surface area (Å²) in [5.74, 6) is -1.11. The second kappa shape index (κ2) is 8.92. The third-order valence-corrected chi connectivity index (χ3v) is 3.82. The second-order valence-corrected chi connectivity index (χ2v) is 6.11. The van der Waals surface area contributed by atoms with Gasteiger partial charge in [0.25, 0.3) is 5.91 Å². The first kappa shape index (κ1) is 19.9. The standard InChI is InChI=1S/C21H19FN4O3/c1-3-29-20(28)14-7-9-16(10-8-14)25-21-23-13(2)11-18(26-21)19(27)24-17-6-4-5-15(22)12-17/h4-12H,3H2,1-2H3,(H,24,27)(H,23,25,26). The van der Waals surface area contributed by atoms with Gasteiger partial charge in [0, 0.05) is 17.1 Å². The Morgan fingerprint density at radius 3 is 2.48 bits per heavy atom. The van der Waals surface area contributed by atoms with Gasteiger partial charge in [0.2, 0.25) is 5.95 Å². The van der Waals surface area contributed by atoms with Gasteiger partial charge < -0.3 is 15.4 Å². The normalized spacial score (nSPS) is 10.3. The van der Waals surface area contributed by atoms with Crippen molar-refractivity contribution in [2.45, 2.75) is 13.8 Å². The van der Waals surface area contributed by atoms with Gasteiger partial charge >= 0.3 is 5.97 Å². The topological polar surface area (TPSA) is 93.2 Å². The van der Waals surface area contributed by atoms with Crippen LogP contribution in [0.4, 0.5) is 21.7 Å². The molecule has 3 aromatic rings. The molecule has 1 amide bonds. The number of rotatable bonds is 6. The molecule has 8 heteroatoms. The number of carbonyl (C=O) groups excluding carboxylic acids is 2. The maximum absolute atomic E-state index is 13.3. The van der Waals surface area contributed by atoms with E-state index in [1.807, 2.05) is 0 Å². The van der Waals surface area contributed by atoms with Crippen molar-refractivity contribution in [3.05, 3.63) is 77.4 Å². The molecule has 0 atom stereocenters. The lowest BCUT2D eigenvalue weighted by molar-refractivity contribution is 0.0526. The quantitative estimate of drug-likeness (QED) is 0.612. The van der Waals surface area contributed by atoms with E-state index in [9.17, 15) is 14.0 Å². The summed E-state index contributed by atoms with van der Waals surface area (Å²) in [4.78, 5) is 32.7. The maximum atomic E-state index is 13.3. The van der Waals surface area contributed by atoms with Crippen molar-refractivity contribution in [2.24, 2.45) is 0 Å². The van der Waals surface area contributed by atoms with Crippen LogP contribution in [0, 0.1) is 12.7 Å². The second-order valence-electron chi connectivity index (χ2n) is 6.11. The fourth-order valence-electron chi connectivity index (χ4n) is 2.54. The molecule has 148 valence electrons. The number of benzene rings is 2. The lowest BCUT2D eigenvalue weighted by Crippen LogP contribution is -2.15. The highest BCUT2D eigenvalue weighted by Gasteiger charge is 2.12. The summed E-state index contributed by atoms with van der Waals surface area (Å²) in [6.07, 6.45) is 0. The highest BCUT2D eigenvalue weighted by Crippen LogP contribution is 2.17. The van der Waals surface area contributed by atoms with Crippen molar-refractivity contribution < 1.29 is 18.7 Å². The Balaban J connectivity index is 1.75. The highest BCUT2D eigenvalue weighted by atomic mass is 19.1. The Labute approximate surface area is 167 Å². The van der Waals surface area contributed by atoms with Gasteiger partial charge in [0.05, 0.1) is 12.2 Å². The zero-order valence-corrected chi connectivity index (χ0v) is 15.9. The van der Waals surface area contributed by atoms with Gasteiger partial charge in [0.15, 0.2) is 0 Å². The molecule has 3 rings (SSSR count). The Morgan fingerprint density at radius 1 is 1.03 bits per heavy atom. The van der Waals surface area contributed by atoms with Crippen LogP contribution in [0.2, 0.25) is 0 Å². The number of halogens is 1. The first-order chi connectivity index (χ1) is 13.9. The van der Waals surface area contributed by atoms with Crippen molar-refractivity contribution >= 4 is 29.2 Å². The molecule has 0 spiro atoms. The molecular formula is C21H19FN4O3. The van der Waals surface area contributed by atoms with E-state index in [1.165, 1.54) is 24.3 Å². The fraction of sp³-hybridized carbons (Fsp3) is 0.143. The number of nitrogens with one attached hydrogen (secondary N) is 2. The molecule has 0 saturated carbocycles. The van der Waals surface area contributed by atoms with E-state index in [0.29, 0.717) is 29.2 Å². The summed E-state index contributed by atoms with van der Waals surface area (Å²) in [6, 6.07) is 13.7. The predicted octanol–water partition coefficient (Wildman–Crippen LogP) is 4.10. The molecule has 1 aromatic heterocycles. The van der Waals surface area contributed by atoms with Crippen LogP contribution in [-0.4, -0.2) is 28.5 Å². The lowest BCUT2D eigenvalue weighted by Gasteiger charge is -2.09. The van der Waals surface area contributed by atoms with Crippen LogP contribution in [0.5, 0.6) is 0 Å². The summed E-state index contributed by atoms with van der Waals surface area (Å²) in [7, 11) is 0. The van der Waals surface area contributed by atoms with Gasteiger partial charge in [-0.05, 0) is 62.4 Å². The van der Waals surface area contributed by atoms with Gasteiger partial charge in [-0.25, -0.2) is 19.2 Å². The van der Waals surface area contributed by atoms with Crippen LogP contribution in [0.15, 0.2) is 54.6 Å². The number of carbonyl (C=O) groups is 2. The Bertz CT molecular complexity index is 1040. The predicted molar refractivity (Wildman–Crippen MR) is 107 cm³/mol. The molecule has 2 aromatic carbocycles. The molecule has 0 radical (unpaired) electrons. The number of anilines is 3. The summed E-state index contributed by atoms with van der Waals surface area (Å²) >= 11 is 0. The van der Waals surface area contributed by atoms with Crippen LogP contribution >= 0.6 is 0 Å². The Morgan fingerprint density at radius 2 is 1.79 bits per heavy atom. The summed E-state index contributed by atoms with van der Waals surface area (Å²) in [5.41, 5.74) is 2.11. The summed E-state index contributed by atoms with van der Waals surface area (Å²) < 4.78 is 18.2. The Hall–Kier alpha value is -3.81. The number of amides is 1. The van der Waals surface area contributed by atoms with Gasteiger partial charge in [-0.3, -0.25) is 4.79 Å². The number of esters is 1. The van der Waals surface area contributed by atoms with Gasteiger partial charge in [-0.1, -0.05) is 6.07 Å². The number of ether oxygens (including phenoxy) is 1. The van der Waals surface area contributed by atoms with Crippen LogP contribution in [-0.2, 0) is 4.74 Å². The van der Waals surface area contributed by atoms with Crippen molar-refractivity contribution in [3.63, 3.8) is 0 Å². The number of hydrogen-bond donors (Lipinski definition) is 2. The molecule has 7 nitrogen and oxygen atoms in total. The van der Waals surface area contributed by atoms with E-state index < -0.39 is 17.7 Å². The van der Waals surface area contributed by atoms with Gasteiger partial charge in [-0.15, -0.1) is 0 Å². The number of aryl methyl sites for hydroxylation is 1. The SMILES string of the molecule is CCOC(=O)c1ccc(Nc2nc(C)cc(C(=O)Nc3cccc(F)c3)n2)cc1.